The lowest BCUT2D eigenvalue weighted by atomic mass is 9.87. The molecule has 0 bridgehead atoms. The van der Waals surface area contributed by atoms with Crippen molar-refractivity contribution in [2.24, 2.45) is 5.92 Å². The van der Waals surface area contributed by atoms with Crippen LogP contribution < -0.4 is 10.6 Å². The number of halogens is 2. The van der Waals surface area contributed by atoms with Crippen LogP contribution in [-0.4, -0.2) is 38.0 Å². The van der Waals surface area contributed by atoms with Gasteiger partial charge in [0.1, 0.15) is 35.6 Å². The van der Waals surface area contributed by atoms with Gasteiger partial charge in [0.05, 0.1) is 33.5 Å². The molecule has 0 saturated carbocycles. The average Bonchev–Trinajstić information content (AvgIpc) is 3.04. The number of allylic oxidation sites excluding steroid dienone is 4. The number of hydrogen-bond acceptors (Lipinski definition) is 7. The SMILES string of the molecule is CC1=C(c2nc(NCC(C)(C)O)c3c(n2)NC(=O)C3(C)C)N2C=CC=C(OCc3c(F)cccc3F)C2=CCC1C. The van der Waals surface area contributed by atoms with Gasteiger partial charge in [0, 0.05) is 12.7 Å². The number of benzene rings is 1. The first-order valence-corrected chi connectivity index (χ1v) is 13.6. The summed E-state index contributed by atoms with van der Waals surface area (Å²) in [6.45, 7) is 11.0. The number of aliphatic hydroxyl groups is 1. The molecule has 2 aromatic rings. The van der Waals surface area contributed by atoms with E-state index in [1.807, 2.05) is 37.9 Å². The molecular weight excluding hydrogens is 528 g/mol. The lowest BCUT2D eigenvalue weighted by molar-refractivity contribution is -0.119. The molecule has 0 aliphatic carbocycles. The van der Waals surface area contributed by atoms with Crippen molar-refractivity contribution < 1.29 is 23.4 Å². The van der Waals surface area contributed by atoms with Gasteiger partial charge < -0.3 is 25.4 Å². The number of aromatic nitrogens is 2. The van der Waals surface area contributed by atoms with Crippen LogP contribution in [0.1, 0.15) is 64.9 Å². The van der Waals surface area contributed by atoms with Gasteiger partial charge in [-0.2, -0.15) is 0 Å². The molecule has 5 rings (SSSR count). The molecule has 1 aromatic heterocycles. The maximum Gasteiger partial charge on any atom is 0.235 e. The highest BCUT2D eigenvalue weighted by Crippen LogP contribution is 2.44. The summed E-state index contributed by atoms with van der Waals surface area (Å²) in [5.41, 5.74) is 1.00. The Morgan fingerprint density at radius 3 is 2.63 bits per heavy atom. The van der Waals surface area contributed by atoms with Gasteiger partial charge >= 0.3 is 0 Å². The van der Waals surface area contributed by atoms with Crippen LogP contribution in [0.15, 0.2) is 59.7 Å². The number of ether oxygens (including phenoxy) is 1. The molecule has 0 radical (unpaired) electrons. The Balaban J connectivity index is 1.55. The minimum absolute atomic E-state index is 0.109. The summed E-state index contributed by atoms with van der Waals surface area (Å²) in [5.74, 6) is 0.275. The largest absolute Gasteiger partial charge is 0.486 e. The third-order valence-electron chi connectivity index (χ3n) is 7.68. The van der Waals surface area contributed by atoms with E-state index in [4.69, 9.17) is 14.7 Å². The minimum atomic E-state index is -1.02. The van der Waals surface area contributed by atoms with Crippen molar-refractivity contribution in [3.8, 4) is 0 Å². The summed E-state index contributed by atoms with van der Waals surface area (Å²) in [6.07, 6.45) is 8.12. The van der Waals surface area contributed by atoms with Gasteiger partial charge in [-0.25, -0.2) is 18.7 Å². The standard InChI is InChI=1S/C31H35F2N5O3/c1-17-12-13-22-23(41-15-19-20(32)9-7-10-21(19)33)11-8-14-38(22)25(18(17)2)28-35-26(34-16-30(3,4)40)24-27(36-28)37-29(39)31(24,5)6/h7-11,13-14,17,40H,12,15-16H2,1-6H3,(H2,34,35,36,37,39). The molecule has 0 spiro atoms. The highest BCUT2D eigenvalue weighted by molar-refractivity contribution is 6.06. The Morgan fingerprint density at radius 1 is 1.24 bits per heavy atom. The maximum absolute atomic E-state index is 14.3. The molecule has 1 amide bonds. The summed E-state index contributed by atoms with van der Waals surface area (Å²) in [5, 5.41) is 16.5. The highest BCUT2D eigenvalue weighted by Gasteiger charge is 2.43. The van der Waals surface area contributed by atoms with Crippen molar-refractivity contribution in [2.75, 3.05) is 17.2 Å². The number of carbonyl (C=O) groups excluding carboxylic acids is 1. The van der Waals surface area contributed by atoms with Crippen LogP contribution in [0.25, 0.3) is 5.70 Å². The topological polar surface area (TPSA) is 99.6 Å². The fourth-order valence-electron chi connectivity index (χ4n) is 5.06. The summed E-state index contributed by atoms with van der Waals surface area (Å²) in [6, 6.07) is 3.72. The summed E-state index contributed by atoms with van der Waals surface area (Å²) >= 11 is 0. The van der Waals surface area contributed by atoms with Crippen LogP contribution in [0.2, 0.25) is 0 Å². The Hall–Kier alpha value is -4.05. The van der Waals surface area contributed by atoms with E-state index in [1.54, 1.807) is 26.0 Å². The molecule has 3 N–H and O–H groups in total. The average molecular weight is 564 g/mol. The zero-order chi connectivity index (χ0) is 29.7. The van der Waals surface area contributed by atoms with Crippen molar-refractivity contribution in [2.45, 2.75) is 65.6 Å². The number of carbonyl (C=O) groups is 1. The van der Waals surface area contributed by atoms with Gasteiger partial charge in [0.15, 0.2) is 5.82 Å². The van der Waals surface area contributed by atoms with Gasteiger partial charge in [0.2, 0.25) is 5.91 Å². The van der Waals surface area contributed by atoms with Gasteiger partial charge in [0.25, 0.3) is 0 Å². The fourth-order valence-corrected chi connectivity index (χ4v) is 5.06. The molecule has 10 heteroatoms. The van der Waals surface area contributed by atoms with Crippen LogP contribution in [0.3, 0.4) is 0 Å². The summed E-state index contributed by atoms with van der Waals surface area (Å²) in [4.78, 5) is 24.5. The first-order chi connectivity index (χ1) is 19.3. The summed E-state index contributed by atoms with van der Waals surface area (Å²) < 4.78 is 34.6. The fraction of sp³-hybridized carbons (Fsp3) is 0.387. The van der Waals surface area contributed by atoms with Crippen LogP contribution in [0, 0.1) is 17.6 Å². The predicted octanol–water partition coefficient (Wildman–Crippen LogP) is 5.75. The molecule has 1 aromatic carbocycles. The van der Waals surface area contributed by atoms with Crippen molar-refractivity contribution in [1.29, 1.82) is 0 Å². The lowest BCUT2D eigenvalue weighted by Gasteiger charge is -2.30. The zero-order valence-electron chi connectivity index (χ0n) is 24.1. The highest BCUT2D eigenvalue weighted by atomic mass is 19.1. The lowest BCUT2D eigenvalue weighted by Crippen LogP contribution is -2.32. The van der Waals surface area contributed by atoms with Crippen molar-refractivity contribution >= 4 is 23.2 Å². The van der Waals surface area contributed by atoms with E-state index in [9.17, 15) is 18.7 Å². The van der Waals surface area contributed by atoms with E-state index in [2.05, 4.69) is 17.6 Å². The second-order valence-electron chi connectivity index (χ2n) is 11.9. The molecule has 8 nitrogen and oxygen atoms in total. The predicted molar refractivity (Wildman–Crippen MR) is 153 cm³/mol. The first-order valence-electron chi connectivity index (χ1n) is 13.6. The number of amides is 1. The van der Waals surface area contributed by atoms with Gasteiger partial charge in [-0.3, -0.25) is 4.79 Å². The van der Waals surface area contributed by atoms with E-state index in [-0.39, 0.29) is 30.5 Å². The van der Waals surface area contributed by atoms with Crippen LogP contribution >= 0.6 is 0 Å². The normalized spacial score (nSPS) is 19.7. The Morgan fingerprint density at radius 2 is 1.95 bits per heavy atom. The quantitative estimate of drug-likeness (QED) is 0.394. The number of fused-ring (bicyclic) bond motifs is 2. The number of nitrogens with one attached hydrogen (secondary N) is 2. The molecule has 0 fully saturated rings. The first kappa shape index (κ1) is 28.5. The zero-order valence-corrected chi connectivity index (χ0v) is 24.1. The van der Waals surface area contributed by atoms with Crippen LogP contribution in [0.4, 0.5) is 20.4 Å². The number of hydrogen-bond donors (Lipinski definition) is 3. The molecule has 1 unspecified atom stereocenters. The van der Waals surface area contributed by atoms with E-state index in [0.29, 0.717) is 46.6 Å². The van der Waals surface area contributed by atoms with E-state index >= 15 is 0 Å². The second-order valence-corrected chi connectivity index (χ2v) is 11.9. The monoisotopic (exact) mass is 563 g/mol. The minimum Gasteiger partial charge on any atom is -0.486 e. The molecule has 4 heterocycles. The molecule has 3 aliphatic heterocycles. The Labute approximate surface area is 238 Å². The van der Waals surface area contributed by atoms with Gasteiger partial charge in [-0.1, -0.05) is 19.1 Å². The van der Waals surface area contributed by atoms with Crippen LogP contribution in [0.5, 0.6) is 0 Å². The number of rotatable bonds is 7. The Kier molecular flexibility index (Phi) is 7.23. The Bertz CT molecular complexity index is 1510. The third-order valence-corrected chi connectivity index (χ3v) is 7.68. The molecule has 216 valence electrons. The van der Waals surface area contributed by atoms with Gasteiger partial charge in [-0.05, 0) is 76.8 Å². The number of anilines is 2. The van der Waals surface area contributed by atoms with Crippen molar-refractivity contribution in [3.05, 3.63) is 88.2 Å². The summed E-state index contributed by atoms with van der Waals surface area (Å²) in [7, 11) is 0. The molecule has 0 saturated heterocycles. The second kappa shape index (κ2) is 10.4. The maximum atomic E-state index is 14.3. The van der Waals surface area contributed by atoms with E-state index < -0.39 is 22.7 Å². The molecule has 1 atom stereocenters. The van der Waals surface area contributed by atoms with Crippen molar-refractivity contribution in [3.63, 3.8) is 0 Å². The van der Waals surface area contributed by atoms with E-state index in [0.717, 1.165) is 5.57 Å². The number of nitrogens with zero attached hydrogens (tertiary/aromatic N) is 3. The smallest absolute Gasteiger partial charge is 0.235 e. The van der Waals surface area contributed by atoms with Gasteiger partial charge in [-0.15, -0.1) is 0 Å². The molecule has 3 aliphatic rings. The molecule has 41 heavy (non-hydrogen) atoms. The third kappa shape index (κ3) is 5.36. The van der Waals surface area contributed by atoms with Crippen LogP contribution in [-0.2, 0) is 21.6 Å². The van der Waals surface area contributed by atoms with Crippen molar-refractivity contribution in [1.82, 2.24) is 14.9 Å². The van der Waals surface area contributed by atoms with E-state index in [1.165, 1.54) is 18.2 Å². The molecular formula is C31H35F2N5O3.